The molecule has 0 radical (unpaired) electrons. The second-order valence-electron chi connectivity index (χ2n) is 14.0. The van der Waals surface area contributed by atoms with E-state index in [1.807, 2.05) is 84.9 Å². The number of furan rings is 2. The molecule has 11 aromatic rings. The second kappa shape index (κ2) is 13.5. The maximum Gasteiger partial charge on any atom is 0.164 e. The molecular formula is C51H32N4O2. The molecule has 0 N–H and O–H groups in total. The zero-order chi connectivity index (χ0) is 37.7. The number of nitrogens with zero attached hydrogens (tertiary/aromatic N) is 4. The quantitative estimate of drug-likeness (QED) is 0.162. The molecule has 11 rings (SSSR count). The Morgan fingerprint density at radius 2 is 0.754 bits per heavy atom. The second-order valence-corrected chi connectivity index (χ2v) is 14.0. The first kappa shape index (κ1) is 32.6. The first-order chi connectivity index (χ1) is 28.2. The van der Waals surface area contributed by atoms with Crippen LogP contribution in [-0.2, 0) is 0 Å². The molecule has 0 spiro atoms. The monoisotopic (exact) mass is 732 g/mol. The Kier molecular flexibility index (Phi) is 7.71. The Morgan fingerprint density at radius 3 is 1.35 bits per heavy atom. The van der Waals surface area contributed by atoms with Crippen molar-refractivity contribution in [1.82, 2.24) is 15.0 Å². The van der Waals surface area contributed by atoms with Crippen molar-refractivity contribution in [1.29, 1.82) is 0 Å². The van der Waals surface area contributed by atoms with Gasteiger partial charge in [0.25, 0.3) is 0 Å². The highest BCUT2D eigenvalue weighted by molar-refractivity contribution is 6.14. The van der Waals surface area contributed by atoms with Crippen molar-refractivity contribution in [2.24, 2.45) is 0 Å². The third-order valence-electron chi connectivity index (χ3n) is 10.5. The van der Waals surface area contributed by atoms with E-state index in [1.54, 1.807) is 0 Å². The highest BCUT2D eigenvalue weighted by atomic mass is 16.3. The van der Waals surface area contributed by atoms with Crippen LogP contribution >= 0.6 is 0 Å². The Hall–Kier alpha value is -7.83. The lowest BCUT2D eigenvalue weighted by atomic mass is 10.0. The summed E-state index contributed by atoms with van der Waals surface area (Å²) in [5.74, 6) is 1.79. The number of para-hydroxylation sites is 3. The molecule has 0 aliphatic heterocycles. The van der Waals surface area contributed by atoms with Gasteiger partial charge < -0.3 is 13.7 Å². The van der Waals surface area contributed by atoms with Crippen molar-refractivity contribution < 1.29 is 8.83 Å². The lowest BCUT2D eigenvalue weighted by Gasteiger charge is -2.25. The van der Waals surface area contributed by atoms with E-state index in [2.05, 4.69) is 114 Å². The molecular weight excluding hydrogens is 701 g/mol. The molecule has 0 fully saturated rings. The van der Waals surface area contributed by atoms with Gasteiger partial charge in [0.15, 0.2) is 28.6 Å². The van der Waals surface area contributed by atoms with E-state index in [1.165, 1.54) is 0 Å². The van der Waals surface area contributed by atoms with Crippen LogP contribution in [0.4, 0.5) is 17.1 Å². The number of hydrogen-bond donors (Lipinski definition) is 0. The van der Waals surface area contributed by atoms with Gasteiger partial charge in [0.05, 0.1) is 11.4 Å². The minimum atomic E-state index is 0.571. The molecule has 0 unspecified atom stereocenters. The van der Waals surface area contributed by atoms with Crippen molar-refractivity contribution in [2.45, 2.75) is 0 Å². The van der Waals surface area contributed by atoms with Gasteiger partial charge in [0, 0.05) is 43.9 Å². The highest BCUT2D eigenvalue weighted by Crippen LogP contribution is 2.46. The molecule has 0 bridgehead atoms. The molecule has 0 aliphatic carbocycles. The van der Waals surface area contributed by atoms with E-state index in [0.29, 0.717) is 17.5 Å². The van der Waals surface area contributed by atoms with Gasteiger partial charge in [-0.25, -0.2) is 15.0 Å². The van der Waals surface area contributed by atoms with Gasteiger partial charge in [-0.15, -0.1) is 0 Å². The standard InChI is InChI=1S/C51H32N4O2/c1-4-14-33(15-5-1)34-26-29-38(30-27-34)55(43-23-12-21-41-39-20-10-11-25-45(39)56-47(41)43)44-24-13-22-42-40-31-28-37(32-46(40)57-48(42)44)51-53-49(35-16-6-2-7-17-35)52-50(54-51)36-18-8-3-9-19-36/h1-32H. The minimum Gasteiger partial charge on any atom is -0.454 e. The fraction of sp³-hybridized carbons (Fsp3) is 0. The fourth-order valence-electron chi connectivity index (χ4n) is 7.79. The third kappa shape index (κ3) is 5.70. The molecule has 3 heterocycles. The summed E-state index contributed by atoms with van der Waals surface area (Å²) in [4.78, 5) is 17.1. The molecule has 0 aliphatic rings. The average Bonchev–Trinajstić information content (AvgIpc) is 3.87. The first-order valence-corrected chi connectivity index (χ1v) is 18.9. The number of rotatable bonds is 7. The van der Waals surface area contributed by atoms with Gasteiger partial charge in [-0.2, -0.15) is 0 Å². The van der Waals surface area contributed by atoms with Crippen LogP contribution in [0.5, 0.6) is 0 Å². The van der Waals surface area contributed by atoms with E-state index < -0.39 is 0 Å². The molecule has 8 aromatic carbocycles. The molecule has 0 atom stereocenters. The van der Waals surface area contributed by atoms with Gasteiger partial charge in [-0.05, 0) is 53.6 Å². The Balaban J connectivity index is 1.09. The highest BCUT2D eigenvalue weighted by Gasteiger charge is 2.24. The molecule has 268 valence electrons. The summed E-state index contributed by atoms with van der Waals surface area (Å²) in [6.07, 6.45) is 0. The lowest BCUT2D eigenvalue weighted by Crippen LogP contribution is -2.10. The minimum absolute atomic E-state index is 0.571. The third-order valence-corrected chi connectivity index (χ3v) is 10.5. The topological polar surface area (TPSA) is 68.2 Å². The van der Waals surface area contributed by atoms with E-state index in [0.717, 1.165) is 88.8 Å². The summed E-state index contributed by atoms with van der Waals surface area (Å²) in [5.41, 5.74) is 10.9. The van der Waals surface area contributed by atoms with Crippen molar-refractivity contribution in [2.75, 3.05) is 4.90 Å². The Bertz CT molecular complexity index is 3170. The van der Waals surface area contributed by atoms with Crippen LogP contribution in [0, 0.1) is 0 Å². The van der Waals surface area contributed by atoms with E-state index in [4.69, 9.17) is 23.8 Å². The molecule has 3 aromatic heterocycles. The number of aromatic nitrogens is 3. The van der Waals surface area contributed by atoms with Crippen LogP contribution in [-0.4, -0.2) is 15.0 Å². The summed E-state index contributed by atoms with van der Waals surface area (Å²) >= 11 is 0. The Morgan fingerprint density at radius 1 is 0.316 bits per heavy atom. The normalized spacial score (nSPS) is 11.5. The van der Waals surface area contributed by atoms with Gasteiger partial charge >= 0.3 is 0 Å². The van der Waals surface area contributed by atoms with Crippen LogP contribution < -0.4 is 4.90 Å². The summed E-state index contributed by atoms with van der Waals surface area (Å²) < 4.78 is 13.5. The summed E-state index contributed by atoms with van der Waals surface area (Å²) in [7, 11) is 0. The maximum absolute atomic E-state index is 6.92. The predicted octanol–water partition coefficient (Wildman–Crippen LogP) is 13.8. The SMILES string of the molecule is c1ccc(-c2ccc(N(c3cccc4c3oc3ccccc34)c3cccc4c3oc3cc(-c5nc(-c6ccccc6)nc(-c6ccccc6)n5)ccc34)cc2)cc1. The number of anilines is 3. The smallest absolute Gasteiger partial charge is 0.164 e. The molecule has 0 saturated carbocycles. The van der Waals surface area contributed by atoms with Crippen LogP contribution in [0.2, 0.25) is 0 Å². The van der Waals surface area contributed by atoms with Gasteiger partial charge in [-0.1, -0.05) is 152 Å². The molecule has 6 nitrogen and oxygen atoms in total. The van der Waals surface area contributed by atoms with Gasteiger partial charge in [-0.3, -0.25) is 0 Å². The fourth-order valence-corrected chi connectivity index (χ4v) is 7.79. The van der Waals surface area contributed by atoms with Crippen molar-refractivity contribution >= 4 is 60.9 Å². The zero-order valence-electron chi connectivity index (χ0n) is 30.6. The first-order valence-electron chi connectivity index (χ1n) is 18.9. The van der Waals surface area contributed by atoms with Crippen molar-refractivity contribution in [3.63, 3.8) is 0 Å². The predicted molar refractivity (Wildman–Crippen MR) is 231 cm³/mol. The summed E-state index contributed by atoms with van der Waals surface area (Å²) in [6.45, 7) is 0. The zero-order valence-corrected chi connectivity index (χ0v) is 30.6. The van der Waals surface area contributed by atoms with Crippen LogP contribution in [0.1, 0.15) is 0 Å². The van der Waals surface area contributed by atoms with E-state index in [9.17, 15) is 0 Å². The molecule has 57 heavy (non-hydrogen) atoms. The molecule has 0 amide bonds. The number of hydrogen-bond acceptors (Lipinski definition) is 6. The lowest BCUT2D eigenvalue weighted by molar-refractivity contribution is 0.666. The maximum atomic E-state index is 6.92. The average molecular weight is 733 g/mol. The van der Waals surface area contributed by atoms with Crippen LogP contribution in [0.25, 0.3) is 89.2 Å². The van der Waals surface area contributed by atoms with Gasteiger partial charge in [0.1, 0.15) is 11.2 Å². The largest absolute Gasteiger partial charge is 0.454 e. The Labute approximate surface area is 328 Å². The molecule has 0 saturated heterocycles. The van der Waals surface area contributed by atoms with Crippen LogP contribution in [0.3, 0.4) is 0 Å². The van der Waals surface area contributed by atoms with E-state index in [-0.39, 0.29) is 0 Å². The molecule has 6 heteroatoms. The van der Waals surface area contributed by atoms with E-state index >= 15 is 0 Å². The van der Waals surface area contributed by atoms with Crippen molar-refractivity contribution in [3.05, 3.63) is 194 Å². The summed E-state index contributed by atoms with van der Waals surface area (Å²) in [5, 5.41) is 4.13. The van der Waals surface area contributed by atoms with Crippen LogP contribution in [0.15, 0.2) is 203 Å². The number of fused-ring (bicyclic) bond motifs is 6. The van der Waals surface area contributed by atoms with Gasteiger partial charge in [0.2, 0.25) is 0 Å². The summed E-state index contributed by atoms with van der Waals surface area (Å²) in [6, 6.07) is 66.2. The van der Waals surface area contributed by atoms with Crippen molar-refractivity contribution in [3.8, 4) is 45.3 Å². The number of benzene rings is 8.